The molecule has 36 heavy (non-hydrogen) atoms. The van der Waals surface area contributed by atoms with Crippen LogP contribution in [0.2, 0.25) is 0 Å². The number of carbonyl (C=O) groups excluding carboxylic acids is 2. The van der Waals surface area contributed by atoms with E-state index in [1.165, 1.54) is 10.8 Å². The summed E-state index contributed by atoms with van der Waals surface area (Å²) in [6.45, 7) is 0.471. The zero-order valence-corrected chi connectivity index (χ0v) is 23.5. The fourth-order valence-corrected chi connectivity index (χ4v) is 8.67. The molecule has 0 aromatic heterocycles. The molecule has 3 aromatic rings. The van der Waals surface area contributed by atoms with Crippen LogP contribution in [0.5, 0.6) is 5.75 Å². The van der Waals surface area contributed by atoms with Crippen LogP contribution >= 0.6 is 45.2 Å². The van der Waals surface area contributed by atoms with E-state index in [1.54, 1.807) is 6.21 Å². The second-order valence-electron chi connectivity index (χ2n) is 10.1. The molecule has 3 fully saturated rings. The van der Waals surface area contributed by atoms with Crippen molar-refractivity contribution in [2.24, 2.45) is 40.6 Å². The number of imide groups is 1. The van der Waals surface area contributed by atoms with Crippen LogP contribution in [-0.2, 0) is 16.2 Å². The van der Waals surface area contributed by atoms with E-state index < -0.39 is 0 Å². The second-order valence-corrected chi connectivity index (χ2v) is 12.5. The first-order valence-electron chi connectivity index (χ1n) is 12.2. The lowest BCUT2D eigenvalue weighted by Gasteiger charge is -2.37. The quantitative estimate of drug-likeness (QED) is 0.142. The van der Waals surface area contributed by atoms with Crippen molar-refractivity contribution >= 4 is 74.0 Å². The van der Waals surface area contributed by atoms with Gasteiger partial charge in [-0.3, -0.25) is 9.59 Å². The molecular formula is C29H22I2N2O3. The van der Waals surface area contributed by atoms with Gasteiger partial charge in [-0.05, 0) is 109 Å². The van der Waals surface area contributed by atoms with Crippen molar-refractivity contribution < 1.29 is 14.3 Å². The van der Waals surface area contributed by atoms with Crippen LogP contribution in [-0.4, -0.2) is 23.0 Å². The average molecular weight is 700 g/mol. The van der Waals surface area contributed by atoms with Crippen LogP contribution in [0.1, 0.15) is 17.5 Å². The highest BCUT2D eigenvalue weighted by Gasteiger charge is 2.67. The Morgan fingerprint density at radius 1 is 0.917 bits per heavy atom. The van der Waals surface area contributed by atoms with Crippen molar-refractivity contribution in [1.82, 2.24) is 5.01 Å². The summed E-state index contributed by atoms with van der Waals surface area (Å²) >= 11 is 4.54. The highest BCUT2D eigenvalue weighted by atomic mass is 127. The molecule has 180 valence electrons. The summed E-state index contributed by atoms with van der Waals surface area (Å²) in [4.78, 5) is 26.3. The Labute approximate surface area is 236 Å². The van der Waals surface area contributed by atoms with Gasteiger partial charge in [0.25, 0.3) is 11.8 Å². The summed E-state index contributed by atoms with van der Waals surface area (Å²) < 4.78 is 8.16. The number of amides is 2. The molecular weight excluding hydrogens is 678 g/mol. The summed E-state index contributed by atoms with van der Waals surface area (Å²) in [6.07, 6.45) is 7.15. The molecule has 8 rings (SSSR count). The molecule has 3 aromatic carbocycles. The van der Waals surface area contributed by atoms with Crippen LogP contribution in [0.3, 0.4) is 0 Å². The van der Waals surface area contributed by atoms with Crippen LogP contribution < -0.4 is 4.74 Å². The topological polar surface area (TPSA) is 59.0 Å². The predicted octanol–water partition coefficient (Wildman–Crippen LogP) is 6.02. The molecule has 1 aliphatic heterocycles. The Hall–Kier alpha value is -2.27. The third kappa shape index (κ3) is 3.56. The fourth-order valence-electron chi connectivity index (χ4n) is 6.54. The highest BCUT2D eigenvalue weighted by molar-refractivity contribution is 14.1. The molecule has 5 aliphatic rings. The third-order valence-corrected chi connectivity index (χ3v) is 9.84. The number of hydrogen-bond donors (Lipinski definition) is 0. The van der Waals surface area contributed by atoms with Gasteiger partial charge in [0.15, 0.2) is 0 Å². The Bertz CT molecular complexity index is 1430. The molecule has 2 bridgehead atoms. The van der Waals surface area contributed by atoms with Gasteiger partial charge < -0.3 is 4.74 Å². The molecule has 0 radical (unpaired) electrons. The minimum absolute atomic E-state index is 0.134. The van der Waals surface area contributed by atoms with Gasteiger partial charge in [-0.2, -0.15) is 10.1 Å². The van der Waals surface area contributed by atoms with E-state index >= 15 is 0 Å². The zero-order chi connectivity index (χ0) is 24.6. The maximum Gasteiger partial charge on any atom is 0.254 e. The number of rotatable bonds is 5. The Morgan fingerprint density at radius 2 is 1.56 bits per heavy atom. The molecule has 4 aliphatic carbocycles. The number of allylic oxidation sites excluding steroid dienone is 2. The van der Waals surface area contributed by atoms with Gasteiger partial charge in [0, 0.05) is 0 Å². The van der Waals surface area contributed by atoms with Crippen LogP contribution in [0.4, 0.5) is 0 Å². The number of hydrogen-bond acceptors (Lipinski definition) is 4. The minimum Gasteiger partial charge on any atom is -0.487 e. The fraction of sp³-hybridized carbons (Fsp3) is 0.276. The van der Waals surface area contributed by atoms with Gasteiger partial charge in [-0.25, -0.2) is 0 Å². The maximum atomic E-state index is 13.2. The molecule has 0 N–H and O–H groups in total. The van der Waals surface area contributed by atoms with Crippen molar-refractivity contribution in [2.75, 3.05) is 0 Å². The number of benzene rings is 3. The maximum absolute atomic E-state index is 13.2. The van der Waals surface area contributed by atoms with Crippen molar-refractivity contribution in [3.63, 3.8) is 0 Å². The van der Waals surface area contributed by atoms with Gasteiger partial charge in [0.05, 0.1) is 25.2 Å². The highest BCUT2D eigenvalue weighted by Crippen LogP contribution is 2.65. The van der Waals surface area contributed by atoms with Gasteiger partial charge in [0.2, 0.25) is 0 Å². The first-order chi connectivity index (χ1) is 17.5. The summed E-state index contributed by atoms with van der Waals surface area (Å²) in [7, 11) is 0. The van der Waals surface area contributed by atoms with Crippen LogP contribution in [0.15, 0.2) is 71.9 Å². The first kappa shape index (κ1) is 22.9. The Kier molecular flexibility index (Phi) is 5.50. The number of hydrazone groups is 1. The lowest BCUT2D eigenvalue weighted by molar-refractivity contribution is -0.140. The van der Waals surface area contributed by atoms with E-state index in [2.05, 4.69) is 92.8 Å². The first-order valence-corrected chi connectivity index (χ1v) is 14.4. The van der Waals surface area contributed by atoms with E-state index in [4.69, 9.17) is 4.74 Å². The molecule has 1 saturated heterocycles. The number of fused-ring (bicyclic) bond motifs is 1. The summed E-state index contributed by atoms with van der Waals surface area (Å²) in [5.41, 5.74) is 1.97. The zero-order valence-electron chi connectivity index (χ0n) is 19.2. The van der Waals surface area contributed by atoms with Gasteiger partial charge in [0.1, 0.15) is 12.4 Å². The predicted molar refractivity (Wildman–Crippen MR) is 154 cm³/mol. The lowest BCUT2D eigenvalue weighted by atomic mass is 9.63. The van der Waals surface area contributed by atoms with E-state index in [9.17, 15) is 9.59 Å². The minimum atomic E-state index is -0.224. The smallest absolute Gasteiger partial charge is 0.254 e. The summed E-state index contributed by atoms with van der Waals surface area (Å²) in [5.74, 6) is 1.71. The van der Waals surface area contributed by atoms with Gasteiger partial charge >= 0.3 is 0 Å². The summed E-state index contributed by atoms with van der Waals surface area (Å²) in [5, 5.41) is 7.91. The lowest BCUT2D eigenvalue weighted by Crippen LogP contribution is -2.40. The summed E-state index contributed by atoms with van der Waals surface area (Å²) in [6, 6.07) is 18.5. The number of nitrogens with zero attached hydrogens (tertiary/aromatic N) is 2. The molecule has 2 amide bonds. The molecule has 0 spiro atoms. The molecule has 7 heteroatoms. The van der Waals surface area contributed by atoms with Gasteiger partial charge in [-0.15, -0.1) is 0 Å². The average Bonchev–Trinajstić information content (AvgIpc) is 3.66. The SMILES string of the molecule is O=C1C2C3C=CC(C4CC34)C2C(=O)N1N=Cc1cc(I)c(OCc2cccc3ccccc23)c(I)c1. The monoisotopic (exact) mass is 700 g/mol. The number of carbonyl (C=O) groups is 2. The van der Waals surface area contributed by atoms with Crippen LogP contribution in [0, 0.1) is 42.6 Å². The van der Waals surface area contributed by atoms with Crippen molar-refractivity contribution in [3.8, 4) is 5.75 Å². The number of ether oxygens (including phenoxy) is 1. The molecule has 2 saturated carbocycles. The Morgan fingerprint density at radius 3 is 2.25 bits per heavy atom. The largest absolute Gasteiger partial charge is 0.487 e. The van der Waals surface area contributed by atoms with Gasteiger partial charge in [-0.1, -0.05) is 54.6 Å². The number of halogens is 2. The molecule has 6 unspecified atom stereocenters. The third-order valence-electron chi connectivity index (χ3n) is 8.23. The normalized spacial score (nSPS) is 29.8. The van der Waals surface area contributed by atoms with E-state index in [0.717, 1.165) is 35.4 Å². The van der Waals surface area contributed by atoms with E-state index in [-0.39, 0.29) is 35.5 Å². The van der Waals surface area contributed by atoms with Crippen LogP contribution in [0.25, 0.3) is 10.8 Å². The standard InChI is InChI=1S/C29H22I2N2O3/c30-23-10-15(11-24(31)27(23)36-14-17-6-3-5-16-4-1-2-7-18(16)17)13-32-33-28(34)25-19-8-9-20(22-12-21(19)22)26(25)29(33)35/h1-11,13,19-22,25-26H,12,14H2. The van der Waals surface area contributed by atoms with Crippen molar-refractivity contribution in [3.05, 3.63) is 85.0 Å². The van der Waals surface area contributed by atoms with E-state index in [0.29, 0.717) is 18.4 Å². The molecule has 6 atom stereocenters. The molecule has 1 heterocycles. The molecule has 5 nitrogen and oxygen atoms in total. The second kappa shape index (κ2) is 8.65. The van der Waals surface area contributed by atoms with E-state index in [1.807, 2.05) is 24.3 Å². The van der Waals surface area contributed by atoms with Crippen molar-refractivity contribution in [2.45, 2.75) is 13.0 Å². The van der Waals surface area contributed by atoms with Crippen molar-refractivity contribution in [1.29, 1.82) is 0 Å². The Balaban J connectivity index is 1.09.